The van der Waals surface area contributed by atoms with Crippen molar-refractivity contribution in [1.82, 2.24) is 4.90 Å². The van der Waals surface area contributed by atoms with E-state index in [1.807, 2.05) is 38.1 Å². The van der Waals surface area contributed by atoms with Crippen molar-refractivity contribution in [2.24, 2.45) is 5.92 Å². The normalized spacial score (nSPS) is 12.3. The first kappa shape index (κ1) is 16.0. The van der Waals surface area contributed by atoms with Gasteiger partial charge in [-0.05, 0) is 23.6 Å². The molecule has 1 rings (SSSR count). The molecular formula is C16H21NO3. The van der Waals surface area contributed by atoms with Gasteiger partial charge in [-0.15, -0.1) is 0 Å². The van der Waals surface area contributed by atoms with E-state index < -0.39 is 5.97 Å². The van der Waals surface area contributed by atoms with E-state index in [9.17, 15) is 9.59 Å². The molecule has 1 aromatic rings. The van der Waals surface area contributed by atoms with Crippen molar-refractivity contribution in [3.05, 3.63) is 41.5 Å². The number of benzene rings is 1. The molecule has 0 saturated carbocycles. The van der Waals surface area contributed by atoms with E-state index in [0.29, 0.717) is 6.54 Å². The molecule has 0 aliphatic heterocycles. The quantitative estimate of drug-likeness (QED) is 0.812. The fourth-order valence-electron chi connectivity index (χ4n) is 1.80. The lowest BCUT2D eigenvalue weighted by Gasteiger charge is -2.20. The minimum Gasteiger partial charge on any atom is -0.478 e. The molecular weight excluding hydrogens is 254 g/mol. The third-order valence-electron chi connectivity index (χ3n) is 3.23. The zero-order valence-electron chi connectivity index (χ0n) is 12.2. The van der Waals surface area contributed by atoms with Gasteiger partial charge in [0.15, 0.2) is 0 Å². The van der Waals surface area contributed by atoms with E-state index in [1.165, 1.54) is 0 Å². The molecule has 1 unspecified atom stereocenters. The molecule has 0 aromatic heterocycles. The van der Waals surface area contributed by atoms with Crippen LogP contribution in [0.25, 0.3) is 6.08 Å². The Labute approximate surface area is 119 Å². The lowest BCUT2D eigenvalue weighted by molar-refractivity contribution is -0.134. The van der Waals surface area contributed by atoms with Crippen molar-refractivity contribution in [2.45, 2.75) is 26.8 Å². The Morgan fingerprint density at radius 3 is 2.40 bits per heavy atom. The molecule has 0 bridgehead atoms. The Morgan fingerprint density at radius 2 is 1.90 bits per heavy atom. The van der Waals surface area contributed by atoms with E-state index in [-0.39, 0.29) is 11.8 Å². The van der Waals surface area contributed by atoms with E-state index in [0.717, 1.165) is 23.6 Å². The minimum atomic E-state index is -0.965. The number of hydrogen-bond donors (Lipinski definition) is 1. The molecule has 1 amide bonds. The standard InChI is InChI=1S/C16H21NO3/c1-4-12(2)16(20)17(3)11-14-7-5-13(6-8-14)9-10-15(18)19/h5-10,12H,4,11H2,1-3H3,(H,18,19). The molecule has 1 atom stereocenters. The van der Waals surface area contributed by atoms with Crippen LogP contribution in [-0.4, -0.2) is 28.9 Å². The molecule has 4 nitrogen and oxygen atoms in total. The van der Waals surface area contributed by atoms with Gasteiger partial charge in [-0.2, -0.15) is 0 Å². The molecule has 0 saturated heterocycles. The summed E-state index contributed by atoms with van der Waals surface area (Å²) >= 11 is 0. The van der Waals surface area contributed by atoms with E-state index in [4.69, 9.17) is 5.11 Å². The summed E-state index contributed by atoms with van der Waals surface area (Å²) in [6.07, 6.45) is 3.48. The number of rotatable bonds is 6. The number of carboxylic acid groups (broad SMARTS) is 1. The average Bonchev–Trinajstić information content (AvgIpc) is 2.44. The van der Waals surface area contributed by atoms with Gasteiger partial charge in [0.25, 0.3) is 0 Å². The minimum absolute atomic E-state index is 0.0396. The summed E-state index contributed by atoms with van der Waals surface area (Å²) in [4.78, 5) is 24.1. The molecule has 1 N–H and O–H groups in total. The van der Waals surface area contributed by atoms with Gasteiger partial charge >= 0.3 is 5.97 Å². The Kier molecular flexibility index (Phi) is 5.97. The third kappa shape index (κ3) is 4.88. The number of carboxylic acids is 1. The zero-order chi connectivity index (χ0) is 15.1. The van der Waals surface area contributed by atoms with Crippen molar-refractivity contribution in [3.8, 4) is 0 Å². The van der Waals surface area contributed by atoms with Gasteiger partial charge < -0.3 is 10.0 Å². The third-order valence-corrected chi connectivity index (χ3v) is 3.23. The second-order valence-electron chi connectivity index (χ2n) is 4.92. The number of carbonyl (C=O) groups excluding carboxylic acids is 1. The van der Waals surface area contributed by atoms with Crippen molar-refractivity contribution >= 4 is 18.0 Å². The number of amides is 1. The summed E-state index contributed by atoms with van der Waals surface area (Å²) in [5, 5.41) is 8.55. The van der Waals surface area contributed by atoms with Gasteiger partial charge in [-0.25, -0.2) is 4.79 Å². The molecule has 0 heterocycles. The smallest absolute Gasteiger partial charge is 0.328 e. The fraction of sp³-hybridized carbons (Fsp3) is 0.375. The van der Waals surface area contributed by atoms with E-state index in [2.05, 4.69) is 0 Å². The topological polar surface area (TPSA) is 57.6 Å². The first-order chi connectivity index (χ1) is 9.43. The van der Waals surface area contributed by atoms with Crippen molar-refractivity contribution in [3.63, 3.8) is 0 Å². The highest BCUT2D eigenvalue weighted by molar-refractivity contribution is 5.85. The van der Waals surface area contributed by atoms with Crippen LogP contribution in [0, 0.1) is 5.92 Å². The van der Waals surface area contributed by atoms with Gasteiger partial charge in [0.05, 0.1) is 0 Å². The van der Waals surface area contributed by atoms with Crippen molar-refractivity contribution in [2.75, 3.05) is 7.05 Å². The molecule has 0 aliphatic carbocycles. The van der Waals surface area contributed by atoms with Gasteiger partial charge in [0.2, 0.25) is 5.91 Å². The highest BCUT2D eigenvalue weighted by atomic mass is 16.4. The summed E-state index contributed by atoms with van der Waals surface area (Å²) in [6.45, 7) is 4.49. The Morgan fingerprint density at radius 1 is 1.30 bits per heavy atom. The lowest BCUT2D eigenvalue weighted by Crippen LogP contribution is -2.30. The maximum atomic E-state index is 12.0. The second kappa shape index (κ2) is 7.48. The monoisotopic (exact) mass is 275 g/mol. The fourth-order valence-corrected chi connectivity index (χ4v) is 1.80. The molecule has 0 aliphatic rings. The van der Waals surface area contributed by atoms with Gasteiger partial charge in [-0.1, -0.05) is 38.1 Å². The Hall–Kier alpha value is -2.10. The molecule has 0 radical (unpaired) electrons. The second-order valence-corrected chi connectivity index (χ2v) is 4.92. The largest absolute Gasteiger partial charge is 0.478 e. The number of aliphatic carboxylic acids is 1. The van der Waals surface area contributed by atoms with Crippen LogP contribution < -0.4 is 0 Å². The molecule has 4 heteroatoms. The number of hydrogen-bond acceptors (Lipinski definition) is 2. The predicted molar refractivity (Wildman–Crippen MR) is 79.0 cm³/mol. The maximum absolute atomic E-state index is 12.0. The molecule has 0 spiro atoms. The van der Waals surface area contributed by atoms with Crippen LogP contribution in [0.1, 0.15) is 31.4 Å². The summed E-state index contributed by atoms with van der Waals surface area (Å²) < 4.78 is 0. The molecule has 1 aromatic carbocycles. The summed E-state index contributed by atoms with van der Waals surface area (Å²) in [5.74, 6) is -0.784. The van der Waals surface area contributed by atoms with Crippen LogP contribution >= 0.6 is 0 Å². The number of carbonyl (C=O) groups is 2. The van der Waals surface area contributed by atoms with Crippen LogP contribution in [0.2, 0.25) is 0 Å². The van der Waals surface area contributed by atoms with Crippen LogP contribution in [0.5, 0.6) is 0 Å². The molecule has 0 fully saturated rings. The summed E-state index contributed by atoms with van der Waals surface area (Å²) in [6, 6.07) is 7.50. The molecule has 108 valence electrons. The van der Waals surface area contributed by atoms with Crippen LogP contribution in [0.15, 0.2) is 30.3 Å². The average molecular weight is 275 g/mol. The highest BCUT2D eigenvalue weighted by Crippen LogP contribution is 2.11. The van der Waals surface area contributed by atoms with Crippen LogP contribution in [0.4, 0.5) is 0 Å². The first-order valence-electron chi connectivity index (χ1n) is 6.69. The lowest BCUT2D eigenvalue weighted by atomic mass is 10.1. The molecule has 20 heavy (non-hydrogen) atoms. The number of nitrogens with zero attached hydrogens (tertiary/aromatic N) is 1. The zero-order valence-corrected chi connectivity index (χ0v) is 12.2. The Balaban J connectivity index is 2.65. The van der Waals surface area contributed by atoms with Gasteiger partial charge in [0, 0.05) is 25.6 Å². The predicted octanol–water partition coefficient (Wildman–Crippen LogP) is 2.79. The van der Waals surface area contributed by atoms with Crippen LogP contribution in [0.3, 0.4) is 0 Å². The maximum Gasteiger partial charge on any atom is 0.328 e. The highest BCUT2D eigenvalue weighted by Gasteiger charge is 2.15. The first-order valence-corrected chi connectivity index (χ1v) is 6.69. The van der Waals surface area contributed by atoms with Crippen molar-refractivity contribution in [1.29, 1.82) is 0 Å². The van der Waals surface area contributed by atoms with Crippen LogP contribution in [-0.2, 0) is 16.1 Å². The SMILES string of the molecule is CCC(C)C(=O)N(C)Cc1ccc(C=CC(=O)O)cc1. The van der Waals surface area contributed by atoms with Crippen molar-refractivity contribution < 1.29 is 14.7 Å². The summed E-state index contributed by atoms with van der Waals surface area (Å²) in [5.41, 5.74) is 1.85. The van der Waals surface area contributed by atoms with Gasteiger partial charge in [-0.3, -0.25) is 4.79 Å². The Bertz CT molecular complexity index is 491. The van der Waals surface area contributed by atoms with E-state index >= 15 is 0 Å². The summed E-state index contributed by atoms with van der Waals surface area (Å²) in [7, 11) is 1.80. The van der Waals surface area contributed by atoms with Gasteiger partial charge in [0.1, 0.15) is 0 Å². The van der Waals surface area contributed by atoms with E-state index in [1.54, 1.807) is 18.0 Å².